The van der Waals surface area contributed by atoms with E-state index in [-0.39, 0.29) is 11.7 Å². The fraction of sp³-hybridized carbons (Fsp3) is 0.316. The molecule has 0 heterocycles. The molecule has 4 nitrogen and oxygen atoms in total. The van der Waals surface area contributed by atoms with Crippen molar-refractivity contribution in [1.29, 1.82) is 0 Å². The number of para-hydroxylation sites is 1. The molecule has 2 aromatic rings. The minimum absolute atomic E-state index is 0.0320. The van der Waals surface area contributed by atoms with Gasteiger partial charge in [0.2, 0.25) is 0 Å². The molecule has 0 atom stereocenters. The maximum absolute atomic E-state index is 12.3. The average molecular weight is 313 g/mol. The van der Waals surface area contributed by atoms with Crippen LogP contribution in [0.2, 0.25) is 0 Å². The van der Waals surface area contributed by atoms with E-state index >= 15 is 0 Å². The summed E-state index contributed by atoms with van der Waals surface area (Å²) in [6, 6.07) is 13.0. The number of carbonyl (C=O) groups excluding carboxylic acids is 1. The zero-order chi connectivity index (χ0) is 16.7. The first-order valence-electron chi connectivity index (χ1n) is 7.84. The third-order valence-corrected chi connectivity index (χ3v) is 3.65. The molecule has 0 bridgehead atoms. The lowest BCUT2D eigenvalue weighted by atomic mass is 10.1. The highest BCUT2D eigenvalue weighted by atomic mass is 16.5. The molecule has 2 rings (SSSR count). The van der Waals surface area contributed by atoms with Gasteiger partial charge < -0.3 is 15.2 Å². The van der Waals surface area contributed by atoms with Gasteiger partial charge in [-0.3, -0.25) is 4.79 Å². The van der Waals surface area contributed by atoms with Crippen molar-refractivity contribution in [3.8, 4) is 5.75 Å². The molecule has 0 unspecified atom stereocenters. The Morgan fingerprint density at radius 3 is 2.61 bits per heavy atom. The third-order valence-electron chi connectivity index (χ3n) is 3.65. The van der Waals surface area contributed by atoms with E-state index in [0.29, 0.717) is 24.3 Å². The molecule has 0 spiro atoms. The Balaban J connectivity index is 2.03. The number of aryl methyl sites for hydroxylation is 1. The molecule has 122 valence electrons. The van der Waals surface area contributed by atoms with E-state index in [2.05, 4.69) is 12.2 Å². The molecule has 0 aliphatic carbocycles. The minimum atomic E-state index is -0.282. The predicted molar refractivity (Wildman–Crippen MR) is 90.4 cm³/mol. The van der Waals surface area contributed by atoms with E-state index in [1.165, 1.54) is 0 Å². The lowest BCUT2D eigenvalue weighted by Gasteiger charge is -2.12. The van der Waals surface area contributed by atoms with E-state index in [9.17, 15) is 9.90 Å². The standard InChI is InChI=1S/C19H23NO3/c1-3-11-23-13-16-9-5-4-8-15(16)12-20-19(22)17-10-6-7-14(2)18(17)21/h4-10,21H,3,11-13H2,1-2H3,(H,20,22). The summed E-state index contributed by atoms with van der Waals surface area (Å²) in [5, 5.41) is 12.8. The molecule has 2 aromatic carbocycles. The van der Waals surface area contributed by atoms with Crippen LogP contribution in [0.1, 0.15) is 40.4 Å². The number of hydrogen-bond donors (Lipinski definition) is 2. The van der Waals surface area contributed by atoms with Crippen molar-refractivity contribution in [2.45, 2.75) is 33.4 Å². The molecule has 0 radical (unpaired) electrons. The van der Waals surface area contributed by atoms with Crippen molar-refractivity contribution in [3.63, 3.8) is 0 Å². The van der Waals surface area contributed by atoms with Crippen molar-refractivity contribution < 1.29 is 14.6 Å². The van der Waals surface area contributed by atoms with Gasteiger partial charge in [0.15, 0.2) is 0 Å². The number of nitrogens with one attached hydrogen (secondary N) is 1. The van der Waals surface area contributed by atoms with Crippen LogP contribution in [-0.2, 0) is 17.9 Å². The first kappa shape index (κ1) is 17.0. The first-order chi connectivity index (χ1) is 11.1. The number of hydrogen-bond acceptors (Lipinski definition) is 3. The molecular formula is C19H23NO3. The molecule has 0 saturated carbocycles. The fourth-order valence-electron chi connectivity index (χ4n) is 2.31. The summed E-state index contributed by atoms with van der Waals surface area (Å²) < 4.78 is 5.58. The Labute approximate surface area is 137 Å². The number of rotatable bonds is 7. The van der Waals surface area contributed by atoms with E-state index in [4.69, 9.17) is 4.74 Å². The van der Waals surface area contributed by atoms with Gasteiger partial charge in [-0.1, -0.05) is 43.3 Å². The molecule has 1 amide bonds. The second kappa shape index (κ2) is 8.34. The third kappa shape index (κ3) is 4.57. The van der Waals surface area contributed by atoms with Gasteiger partial charge in [-0.25, -0.2) is 0 Å². The minimum Gasteiger partial charge on any atom is -0.507 e. The number of aromatic hydroxyl groups is 1. The van der Waals surface area contributed by atoms with Gasteiger partial charge in [0.1, 0.15) is 5.75 Å². The van der Waals surface area contributed by atoms with Crippen LogP contribution < -0.4 is 5.32 Å². The van der Waals surface area contributed by atoms with Gasteiger partial charge in [0.25, 0.3) is 5.91 Å². The lowest BCUT2D eigenvalue weighted by molar-refractivity contribution is 0.0946. The molecule has 4 heteroatoms. The van der Waals surface area contributed by atoms with Crippen LogP contribution in [0.3, 0.4) is 0 Å². The Hall–Kier alpha value is -2.33. The van der Waals surface area contributed by atoms with Crippen molar-refractivity contribution >= 4 is 5.91 Å². The Morgan fingerprint density at radius 2 is 1.87 bits per heavy atom. The van der Waals surface area contributed by atoms with Crippen LogP contribution >= 0.6 is 0 Å². The SMILES string of the molecule is CCCOCc1ccccc1CNC(=O)c1cccc(C)c1O. The molecule has 0 saturated heterocycles. The van der Waals surface area contributed by atoms with Crippen LogP contribution in [-0.4, -0.2) is 17.6 Å². The predicted octanol–water partition coefficient (Wildman–Crippen LogP) is 3.56. The molecule has 0 fully saturated rings. The van der Waals surface area contributed by atoms with E-state index in [1.54, 1.807) is 25.1 Å². The summed E-state index contributed by atoms with van der Waals surface area (Å²) in [7, 11) is 0. The number of ether oxygens (including phenoxy) is 1. The summed E-state index contributed by atoms with van der Waals surface area (Å²) >= 11 is 0. The van der Waals surface area contributed by atoms with Crippen LogP contribution in [0, 0.1) is 6.92 Å². The largest absolute Gasteiger partial charge is 0.507 e. The summed E-state index contributed by atoms with van der Waals surface area (Å²) in [6.07, 6.45) is 0.978. The van der Waals surface area contributed by atoms with Gasteiger partial charge in [0.05, 0.1) is 12.2 Å². The fourth-order valence-corrected chi connectivity index (χ4v) is 2.31. The summed E-state index contributed by atoms with van der Waals surface area (Å²) in [6.45, 7) is 5.50. The number of benzene rings is 2. The van der Waals surface area contributed by atoms with Crippen LogP contribution in [0.5, 0.6) is 5.75 Å². The summed E-state index contributed by atoms with van der Waals surface area (Å²) in [5.74, 6) is -0.250. The zero-order valence-electron chi connectivity index (χ0n) is 13.6. The molecule has 23 heavy (non-hydrogen) atoms. The summed E-state index contributed by atoms with van der Waals surface area (Å²) in [4.78, 5) is 12.3. The molecule has 2 N–H and O–H groups in total. The number of phenolic OH excluding ortho intramolecular Hbond substituents is 1. The Morgan fingerprint density at radius 1 is 1.13 bits per heavy atom. The second-order valence-electron chi connectivity index (χ2n) is 5.48. The van der Waals surface area contributed by atoms with Crippen LogP contribution in [0.25, 0.3) is 0 Å². The van der Waals surface area contributed by atoms with Gasteiger partial charge in [0, 0.05) is 13.2 Å². The van der Waals surface area contributed by atoms with E-state index in [0.717, 1.165) is 24.2 Å². The van der Waals surface area contributed by atoms with Crippen molar-refractivity contribution in [2.75, 3.05) is 6.61 Å². The highest BCUT2D eigenvalue weighted by Crippen LogP contribution is 2.21. The monoisotopic (exact) mass is 313 g/mol. The first-order valence-corrected chi connectivity index (χ1v) is 7.84. The lowest BCUT2D eigenvalue weighted by Crippen LogP contribution is -2.23. The zero-order valence-corrected chi connectivity index (χ0v) is 13.6. The number of amides is 1. The smallest absolute Gasteiger partial charge is 0.255 e. The highest BCUT2D eigenvalue weighted by molar-refractivity contribution is 5.97. The Bertz CT molecular complexity index is 667. The van der Waals surface area contributed by atoms with Crippen molar-refractivity contribution in [2.24, 2.45) is 0 Å². The maximum Gasteiger partial charge on any atom is 0.255 e. The van der Waals surface area contributed by atoms with Gasteiger partial charge in [-0.05, 0) is 36.1 Å². The summed E-state index contributed by atoms with van der Waals surface area (Å²) in [5.41, 5.74) is 3.06. The molecule has 0 aliphatic heterocycles. The maximum atomic E-state index is 12.3. The van der Waals surface area contributed by atoms with Crippen molar-refractivity contribution in [1.82, 2.24) is 5.32 Å². The highest BCUT2D eigenvalue weighted by Gasteiger charge is 2.12. The van der Waals surface area contributed by atoms with Gasteiger partial charge >= 0.3 is 0 Å². The normalized spacial score (nSPS) is 10.5. The van der Waals surface area contributed by atoms with Gasteiger partial charge in [-0.15, -0.1) is 0 Å². The topological polar surface area (TPSA) is 58.6 Å². The quantitative estimate of drug-likeness (QED) is 0.768. The van der Waals surface area contributed by atoms with E-state index in [1.807, 2.05) is 24.3 Å². The number of phenols is 1. The second-order valence-corrected chi connectivity index (χ2v) is 5.48. The van der Waals surface area contributed by atoms with Crippen LogP contribution in [0.15, 0.2) is 42.5 Å². The average Bonchev–Trinajstić information content (AvgIpc) is 2.56. The molecule has 0 aromatic heterocycles. The van der Waals surface area contributed by atoms with Crippen molar-refractivity contribution in [3.05, 3.63) is 64.7 Å². The number of carbonyl (C=O) groups is 1. The van der Waals surface area contributed by atoms with E-state index < -0.39 is 0 Å². The van der Waals surface area contributed by atoms with Crippen LogP contribution in [0.4, 0.5) is 0 Å². The molecule has 0 aliphatic rings. The Kier molecular flexibility index (Phi) is 6.18. The molecular weight excluding hydrogens is 290 g/mol. The van der Waals surface area contributed by atoms with Gasteiger partial charge in [-0.2, -0.15) is 0 Å².